The summed E-state index contributed by atoms with van der Waals surface area (Å²) in [5, 5.41) is 5.34. The molecule has 2 aromatic rings. The molecule has 0 saturated heterocycles. The molecule has 0 spiro atoms. The van der Waals surface area contributed by atoms with Crippen molar-refractivity contribution < 1.29 is 9.15 Å². The number of aromatic nitrogens is 1. The molecular formula is C13H18N2O2S. The number of hydrogen-bond donors (Lipinski definition) is 1. The molecule has 0 aromatic carbocycles. The fraction of sp³-hybridized carbons (Fsp3) is 0.462. The number of oxazole rings is 1. The predicted octanol–water partition coefficient (Wildman–Crippen LogP) is 3.30. The predicted molar refractivity (Wildman–Crippen MR) is 73.0 cm³/mol. The van der Waals surface area contributed by atoms with Crippen LogP contribution in [0.25, 0.3) is 10.8 Å². The van der Waals surface area contributed by atoms with Crippen LogP contribution in [-0.2, 0) is 6.54 Å². The molecular weight excluding hydrogens is 248 g/mol. The molecule has 2 heterocycles. The van der Waals surface area contributed by atoms with Crippen LogP contribution < -0.4 is 10.1 Å². The van der Waals surface area contributed by atoms with E-state index in [1.54, 1.807) is 24.7 Å². The molecule has 98 valence electrons. The highest BCUT2D eigenvalue weighted by atomic mass is 32.1. The van der Waals surface area contributed by atoms with Gasteiger partial charge in [-0.15, -0.1) is 11.3 Å². The smallest absolute Gasteiger partial charge is 0.240 e. The summed E-state index contributed by atoms with van der Waals surface area (Å²) in [6.45, 7) is 7.06. The Labute approximate surface area is 111 Å². The Kier molecular flexibility index (Phi) is 3.73. The lowest BCUT2D eigenvalue weighted by atomic mass is 10.1. The molecule has 0 aliphatic rings. The highest BCUT2D eigenvalue weighted by Crippen LogP contribution is 2.34. The molecule has 2 aromatic heterocycles. The van der Waals surface area contributed by atoms with Crippen LogP contribution in [0.4, 0.5) is 0 Å². The van der Waals surface area contributed by atoms with Gasteiger partial charge in [0.25, 0.3) is 0 Å². The monoisotopic (exact) mass is 266 g/mol. The van der Waals surface area contributed by atoms with Crippen LogP contribution in [0.5, 0.6) is 5.75 Å². The van der Waals surface area contributed by atoms with Gasteiger partial charge in [-0.3, -0.25) is 0 Å². The normalized spacial score (nSPS) is 11.8. The molecule has 0 unspecified atom stereocenters. The van der Waals surface area contributed by atoms with Crippen LogP contribution in [0.15, 0.2) is 22.1 Å². The van der Waals surface area contributed by atoms with Crippen molar-refractivity contribution in [3.8, 4) is 16.5 Å². The van der Waals surface area contributed by atoms with Crippen molar-refractivity contribution in [3.05, 3.63) is 23.4 Å². The zero-order valence-corrected chi connectivity index (χ0v) is 11.9. The van der Waals surface area contributed by atoms with Crippen molar-refractivity contribution in [2.45, 2.75) is 32.9 Å². The van der Waals surface area contributed by atoms with Gasteiger partial charge in [0, 0.05) is 12.1 Å². The second-order valence-electron chi connectivity index (χ2n) is 5.07. The summed E-state index contributed by atoms with van der Waals surface area (Å²) in [5.41, 5.74) is 0.968. The standard InChI is InChI=1S/C13H18N2O2S/c1-13(2,3)14-7-9-8-17-12(15-9)11-10(16-4)5-6-18-11/h5-6,8,14H,7H2,1-4H3. The third kappa shape index (κ3) is 3.11. The van der Waals surface area contributed by atoms with E-state index in [4.69, 9.17) is 9.15 Å². The molecule has 0 aliphatic carbocycles. The third-order valence-corrected chi connectivity index (χ3v) is 3.28. The summed E-state index contributed by atoms with van der Waals surface area (Å²) < 4.78 is 10.8. The molecule has 0 atom stereocenters. The van der Waals surface area contributed by atoms with E-state index in [9.17, 15) is 0 Å². The van der Waals surface area contributed by atoms with Crippen molar-refractivity contribution >= 4 is 11.3 Å². The van der Waals surface area contributed by atoms with E-state index in [-0.39, 0.29) is 5.54 Å². The van der Waals surface area contributed by atoms with E-state index in [1.165, 1.54) is 0 Å². The van der Waals surface area contributed by atoms with Gasteiger partial charge < -0.3 is 14.5 Å². The number of hydrogen-bond acceptors (Lipinski definition) is 5. The Morgan fingerprint density at radius 1 is 1.44 bits per heavy atom. The van der Waals surface area contributed by atoms with Crippen molar-refractivity contribution in [1.29, 1.82) is 0 Å². The Hall–Kier alpha value is -1.33. The maximum atomic E-state index is 5.50. The number of ether oxygens (including phenoxy) is 1. The van der Waals surface area contributed by atoms with Gasteiger partial charge >= 0.3 is 0 Å². The summed E-state index contributed by atoms with van der Waals surface area (Å²) in [7, 11) is 1.65. The van der Waals surface area contributed by atoms with Crippen LogP contribution in [0.2, 0.25) is 0 Å². The number of methoxy groups -OCH3 is 1. The zero-order chi connectivity index (χ0) is 13.2. The van der Waals surface area contributed by atoms with E-state index in [0.29, 0.717) is 12.4 Å². The van der Waals surface area contributed by atoms with Crippen LogP contribution in [0.1, 0.15) is 26.5 Å². The molecule has 1 N–H and O–H groups in total. The third-order valence-electron chi connectivity index (χ3n) is 2.39. The minimum absolute atomic E-state index is 0.0692. The van der Waals surface area contributed by atoms with Gasteiger partial charge in [0.15, 0.2) is 0 Å². The van der Waals surface area contributed by atoms with E-state index in [1.807, 2.05) is 11.4 Å². The molecule has 18 heavy (non-hydrogen) atoms. The van der Waals surface area contributed by atoms with E-state index >= 15 is 0 Å². The fourth-order valence-corrected chi connectivity index (χ4v) is 2.25. The molecule has 0 radical (unpaired) electrons. The maximum Gasteiger partial charge on any atom is 0.240 e. The fourth-order valence-electron chi connectivity index (χ4n) is 1.46. The van der Waals surface area contributed by atoms with Gasteiger partial charge in [0.2, 0.25) is 5.89 Å². The average molecular weight is 266 g/mol. The number of nitrogens with one attached hydrogen (secondary N) is 1. The summed E-state index contributed by atoms with van der Waals surface area (Å²) in [5.74, 6) is 1.42. The molecule has 0 amide bonds. The lowest BCUT2D eigenvalue weighted by molar-refractivity contribution is 0.416. The number of thiophene rings is 1. The van der Waals surface area contributed by atoms with E-state index in [0.717, 1.165) is 16.3 Å². The topological polar surface area (TPSA) is 47.3 Å². The van der Waals surface area contributed by atoms with Crippen molar-refractivity contribution in [1.82, 2.24) is 10.3 Å². The largest absolute Gasteiger partial charge is 0.495 e. The molecule has 0 fully saturated rings. The first-order valence-corrected chi connectivity index (χ1v) is 6.69. The lowest BCUT2D eigenvalue weighted by Gasteiger charge is -2.19. The van der Waals surface area contributed by atoms with Crippen LogP contribution >= 0.6 is 11.3 Å². The summed E-state index contributed by atoms with van der Waals surface area (Å²) in [4.78, 5) is 5.40. The Morgan fingerprint density at radius 3 is 2.89 bits per heavy atom. The second-order valence-corrected chi connectivity index (χ2v) is 5.98. The molecule has 4 nitrogen and oxygen atoms in total. The van der Waals surface area contributed by atoms with Crippen LogP contribution in [0, 0.1) is 0 Å². The first-order chi connectivity index (χ1) is 8.49. The molecule has 0 saturated carbocycles. The second kappa shape index (κ2) is 5.12. The Balaban J connectivity index is 2.11. The highest BCUT2D eigenvalue weighted by molar-refractivity contribution is 7.13. The molecule has 0 bridgehead atoms. The number of rotatable bonds is 4. The van der Waals surface area contributed by atoms with Gasteiger partial charge in [-0.05, 0) is 32.2 Å². The zero-order valence-electron chi connectivity index (χ0n) is 11.1. The molecule has 2 rings (SSSR count). The highest BCUT2D eigenvalue weighted by Gasteiger charge is 2.15. The van der Waals surface area contributed by atoms with E-state index in [2.05, 4.69) is 31.1 Å². The van der Waals surface area contributed by atoms with Gasteiger partial charge in [-0.1, -0.05) is 0 Å². The SMILES string of the molecule is COc1ccsc1-c1nc(CNC(C)(C)C)co1. The van der Waals surface area contributed by atoms with Crippen molar-refractivity contribution in [3.63, 3.8) is 0 Å². The maximum absolute atomic E-state index is 5.50. The van der Waals surface area contributed by atoms with Crippen molar-refractivity contribution in [2.75, 3.05) is 7.11 Å². The first-order valence-electron chi connectivity index (χ1n) is 5.81. The Bertz CT molecular complexity index is 511. The quantitative estimate of drug-likeness (QED) is 0.922. The lowest BCUT2D eigenvalue weighted by Crippen LogP contribution is -2.35. The van der Waals surface area contributed by atoms with Gasteiger partial charge in [0.05, 0.1) is 12.8 Å². The molecule has 5 heteroatoms. The average Bonchev–Trinajstić information content (AvgIpc) is 2.93. The first kappa shape index (κ1) is 13.1. The minimum Gasteiger partial charge on any atom is -0.495 e. The number of nitrogens with zero attached hydrogens (tertiary/aromatic N) is 1. The van der Waals surface area contributed by atoms with Crippen LogP contribution in [0.3, 0.4) is 0 Å². The van der Waals surface area contributed by atoms with E-state index < -0.39 is 0 Å². The van der Waals surface area contributed by atoms with Crippen LogP contribution in [-0.4, -0.2) is 17.6 Å². The van der Waals surface area contributed by atoms with Gasteiger partial charge in [-0.25, -0.2) is 4.98 Å². The summed E-state index contributed by atoms with van der Waals surface area (Å²) >= 11 is 1.56. The van der Waals surface area contributed by atoms with Crippen molar-refractivity contribution in [2.24, 2.45) is 0 Å². The minimum atomic E-state index is 0.0692. The summed E-state index contributed by atoms with van der Waals surface area (Å²) in [6, 6.07) is 1.91. The molecule has 0 aliphatic heterocycles. The Morgan fingerprint density at radius 2 is 2.22 bits per heavy atom. The summed E-state index contributed by atoms with van der Waals surface area (Å²) in [6.07, 6.45) is 1.69. The van der Waals surface area contributed by atoms with Gasteiger partial charge in [-0.2, -0.15) is 0 Å². The van der Waals surface area contributed by atoms with Gasteiger partial charge in [0.1, 0.15) is 16.9 Å².